The van der Waals surface area contributed by atoms with Crippen LogP contribution in [0.15, 0.2) is 149 Å². The highest BCUT2D eigenvalue weighted by Crippen LogP contribution is 2.48. The lowest BCUT2D eigenvalue weighted by Gasteiger charge is -2.18. The molecular formula is C40H23NO2. The topological polar surface area (TPSA) is 42.6 Å². The first-order valence-electron chi connectivity index (χ1n) is 14.4. The summed E-state index contributed by atoms with van der Waals surface area (Å²) in [4.78, 5) is 11.4. The molecule has 9 aromatic rings. The number of fused-ring (bicyclic) bond motifs is 2. The maximum Gasteiger partial charge on any atom is 0.143 e. The van der Waals surface area contributed by atoms with Crippen molar-refractivity contribution in [3.05, 3.63) is 144 Å². The first-order valence-corrected chi connectivity index (χ1v) is 14.4. The molecule has 43 heavy (non-hydrogen) atoms. The van der Waals surface area contributed by atoms with Gasteiger partial charge in [0.2, 0.25) is 0 Å². The van der Waals surface area contributed by atoms with Crippen LogP contribution < -0.4 is 0 Å². The van der Waals surface area contributed by atoms with Crippen LogP contribution in [0, 0.1) is 4.91 Å². The van der Waals surface area contributed by atoms with Crippen LogP contribution in [0.25, 0.3) is 87.6 Å². The van der Waals surface area contributed by atoms with Crippen molar-refractivity contribution in [2.75, 3.05) is 0 Å². The summed E-state index contributed by atoms with van der Waals surface area (Å²) in [6.45, 7) is 0. The SMILES string of the molecule is O=Nc1ccccc1-c1ccc(-c2c3ccccc3c(-c3ccc4ccc5cccc6oc3c4c56)c3ccccc23)cc1. The summed E-state index contributed by atoms with van der Waals surface area (Å²) in [5, 5.41) is 12.7. The molecule has 0 aliphatic heterocycles. The molecule has 0 aliphatic carbocycles. The number of nitroso groups, excluding NO2 is 1. The Hall–Kier alpha value is -5.80. The van der Waals surface area contributed by atoms with Crippen molar-refractivity contribution >= 4 is 59.9 Å². The van der Waals surface area contributed by atoms with Crippen LogP contribution in [0.3, 0.4) is 0 Å². The number of hydrogen-bond donors (Lipinski definition) is 0. The number of rotatable bonds is 4. The van der Waals surface area contributed by atoms with Gasteiger partial charge in [0.1, 0.15) is 16.9 Å². The van der Waals surface area contributed by atoms with Crippen LogP contribution in [0.5, 0.6) is 0 Å². The third kappa shape index (κ3) is 3.42. The summed E-state index contributed by atoms with van der Waals surface area (Å²) in [7, 11) is 0. The molecule has 3 heteroatoms. The second-order valence-electron chi connectivity index (χ2n) is 11.1. The fraction of sp³-hybridized carbons (Fsp3) is 0. The van der Waals surface area contributed by atoms with Gasteiger partial charge < -0.3 is 4.42 Å². The van der Waals surface area contributed by atoms with Gasteiger partial charge >= 0.3 is 0 Å². The van der Waals surface area contributed by atoms with Crippen molar-refractivity contribution in [1.29, 1.82) is 0 Å². The fourth-order valence-electron chi connectivity index (χ4n) is 6.97. The molecule has 0 N–H and O–H groups in total. The Labute approximate surface area is 246 Å². The lowest BCUT2D eigenvalue weighted by Crippen LogP contribution is -1.91. The zero-order valence-electron chi connectivity index (χ0n) is 23.0. The Morgan fingerprint density at radius 1 is 0.442 bits per heavy atom. The number of furan rings is 1. The number of nitrogens with zero attached hydrogens (tertiary/aromatic N) is 1. The summed E-state index contributed by atoms with van der Waals surface area (Å²) in [6.07, 6.45) is 0. The van der Waals surface area contributed by atoms with Gasteiger partial charge in [-0.2, -0.15) is 0 Å². The molecule has 0 radical (unpaired) electrons. The largest absolute Gasteiger partial charge is 0.455 e. The van der Waals surface area contributed by atoms with E-state index in [4.69, 9.17) is 4.42 Å². The van der Waals surface area contributed by atoms with Crippen molar-refractivity contribution in [2.24, 2.45) is 5.18 Å². The lowest BCUT2D eigenvalue weighted by atomic mass is 9.85. The van der Waals surface area contributed by atoms with Crippen LogP contribution >= 0.6 is 0 Å². The van der Waals surface area contributed by atoms with Crippen LogP contribution in [0.2, 0.25) is 0 Å². The Balaban J connectivity index is 1.34. The summed E-state index contributed by atoms with van der Waals surface area (Å²) in [5.74, 6) is 0. The van der Waals surface area contributed by atoms with E-state index in [1.807, 2.05) is 18.2 Å². The average molecular weight is 550 g/mol. The van der Waals surface area contributed by atoms with Crippen LogP contribution in [0.4, 0.5) is 5.69 Å². The van der Waals surface area contributed by atoms with Gasteiger partial charge in [-0.05, 0) is 72.4 Å². The molecule has 0 atom stereocenters. The van der Waals surface area contributed by atoms with Crippen LogP contribution in [-0.2, 0) is 0 Å². The fourth-order valence-corrected chi connectivity index (χ4v) is 6.97. The van der Waals surface area contributed by atoms with Gasteiger partial charge in [-0.1, -0.05) is 121 Å². The third-order valence-corrected chi connectivity index (χ3v) is 8.84. The van der Waals surface area contributed by atoms with E-state index < -0.39 is 0 Å². The minimum absolute atomic E-state index is 0.445. The normalized spacial score (nSPS) is 11.8. The molecule has 200 valence electrons. The predicted molar refractivity (Wildman–Crippen MR) is 179 cm³/mol. The Bertz CT molecular complexity index is 2460. The van der Waals surface area contributed by atoms with E-state index in [1.165, 1.54) is 54.2 Å². The molecule has 0 aliphatic rings. The van der Waals surface area contributed by atoms with Crippen LogP contribution in [0.1, 0.15) is 0 Å². The molecule has 0 saturated carbocycles. The van der Waals surface area contributed by atoms with Gasteiger partial charge in [0, 0.05) is 27.5 Å². The summed E-state index contributed by atoms with van der Waals surface area (Å²) >= 11 is 0. The van der Waals surface area contributed by atoms with Crippen molar-refractivity contribution in [3.63, 3.8) is 0 Å². The molecule has 9 rings (SSSR count). The average Bonchev–Trinajstić information content (AvgIpc) is 3.47. The van der Waals surface area contributed by atoms with Crippen molar-refractivity contribution < 1.29 is 4.42 Å². The number of benzene rings is 8. The number of hydrogen-bond acceptors (Lipinski definition) is 3. The van der Waals surface area contributed by atoms with E-state index in [2.05, 4.69) is 120 Å². The molecular weight excluding hydrogens is 526 g/mol. The molecule has 0 unspecified atom stereocenters. The highest BCUT2D eigenvalue weighted by Gasteiger charge is 2.22. The molecule has 3 nitrogen and oxygen atoms in total. The first-order chi connectivity index (χ1) is 21.3. The van der Waals surface area contributed by atoms with Crippen molar-refractivity contribution in [3.8, 4) is 33.4 Å². The zero-order chi connectivity index (χ0) is 28.5. The van der Waals surface area contributed by atoms with Gasteiger partial charge in [-0.25, -0.2) is 0 Å². The minimum Gasteiger partial charge on any atom is -0.455 e. The molecule has 0 fully saturated rings. The van der Waals surface area contributed by atoms with Crippen molar-refractivity contribution in [2.45, 2.75) is 0 Å². The quantitative estimate of drug-likeness (QED) is 0.124. The molecule has 0 bridgehead atoms. The van der Waals surface area contributed by atoms with Gasteiger partial charge in [-0.15, -0.1) is 4.91 Å². The van der Waals surface area contributed by atoms with E-state index >= 15 is 0 Å². The molecule has 8 aromatic carbocycles. The van der Waals surface area contributed by atoms with E-state index in [-0.39, 0.29) is 0 Å². The van der Waals surface area contributed by atoms with Gasteiger partial charge in [0.25, 0.3) is 0 Å². The standard InChI is InChI=1S/C40H23NO2/c42-41-34-14-6-5-9-28(34)24-16-18-26(19-17-24)36-29-10-1-3-12-31(29)39(32-13-4-2-11-30(32)36)33-23-22-27-21-20-25-8-7-15-35-37(25)38(27)40(33)43-35/h1-23H. The minimum atomic E-state index is 0.445. The lowest BCUT2D eigenvalue weighted by molar-refractivity contribution is 0.670. The molecule has 1 heterocycles. The smallest absolute Gasteiger partial charge is 0.143 e. The molecule has 0 amide bonds. The van der Waals surface area contributed by atoms with Gasteiger partial charge in [0.15, 0.2) is 0 Å². The van der Waals surface area contributed by atoms with Gasteiger partial charge in [-0.3, -0.25) is 0 Å². The summed E-state index contributed by atoms with van der Waals surface area (Å²) in [5.41, 5.74) is 8.68. The van der Waals surface area contributed by atoms with E-state index in [1.54, 1.807) is 6.07 Å². The van der Waals surface area contributed by atoms with Gasteiger partial charge in [0.05, 0.1) is 0 Å². The predicted octanol–water partition coefficient (Wildman–Crippen LogP) is 11.9. The molecule has 1 aromatic heterocycles. The molecule has 0 spiro atoms. The maximum atomic E-state index is 11.4. The Morgan fingerprint density at radius 3 is 1.72 bits per heavy atom. The van der Waals surface area contributed by atoms with Crippen molar-refractivity contribution in [1.82, 2.24) is 0 Å². The third-order valence-electron chi connectivity index (χ3n) is 8.84. The van der Waals surface area contributed by atoms with E-state index in [0.717, 1.165) is 33.4 Å². The van der Waals surface area contributed by atoms with Crippen LogP contribution in [-0.4, -0.2) is 0 Å². The Kier molecular flexibility index (Phi) is 5.05. The second kappa shape index (κ2) is 9.10. The Morgan fingerprint density at radius 2 is 1.02 bits per heavy atom. The summed E-state index contributed by atoms with van der Waals surface area (Å²) < 4.78 is 6.66. The van der Waals surface area contributed by atoms with E-state index in [9.17, 15) is 4.91 Å². The maximum absolute atomic E-state index is 11.4. The highest BCUT2D eigenvalue weighted by molar-refractivity contribution is 6.28. The highest BCUT2D eigenvalue weighted by atomic mass is 16.3. The zero-order valence-corrected chi connectivity index (χ0v) is 23.0. The first kappa shape index (κ1) is 23.9. The monoisotopic (exact) mass is 549 g/mol. The van der Waals surface area contributed by atoms with E-state index in [0.29, 0.717) is 5.69 Å². The summed E-state index contributed by atoms with van der Waals surface area (Å²) in [6, 6.07) is 48.3. The second-order valence-corrected chi connectivity index (χ2v) is 11.1. The molecule has 0 saturated heterocycles.